The number of ether oxygens (including phenoxy) is 2. The van der Waals surface area contributed by atoms with Crippen LogP contribution in [0.2, 0.25) is 0 Å². The molecule has 0 amide bonds. The van der Waals surface area contributed by atoms with Gasteiger partial charge in [-0.05, 0) is 38.0 Å². The van der Waals surface area contributed by atoms with Gasteiger partial charge in [-0.15, -0.1) is 0 Å². The molecule has 0 saturated heterocycles. The monoisotopic (exact) mass is 320 g/mol. The highest BCUT2D eigenvalue weighted by Crippen LogP contribution is 2.61. The quantitative estimate of drug-likeness (QED) is 0.427. The highest BCUT2D eigenvalue weighted by atomic mass is 19.4. The molecule has 0 N–H and O–H groups in total. The van der Waals surface area contributed by atoms with E-state index in [1.807, 2.05) is 0 Å². The van der Waals surface area contributed by atoms with Gasteiger partial charge >= 0.3 is 12.4 Å². The topological polar surface area (TPSA) is 18.5 Å². The zero-order valence-electron chi connectivity index (χ0n) is 11.6. The van der Waals surface area contributed by atoms with Crippen molar-refractivity contribution >= 4 is 0 Å². The van der Waals surface area contributed by atoms with Crippen molar-refractivity contribution in [3.05, 3.63) is 0 Å². The van der Waals surface area contributed by atoms with Crippen LogP contribution in [0.1, 0.15) is 32.6 Å². The van der Waals surface area contributed by atoms with Crippen LogP contribution in [0.4, 0.5) is 26.3 Å². The first kappa shape index (κ1) is 16.9. The summed E-state index contributed by atoms with van der Waals surface area (Å²) in [6.07, 6.45) is -9.58. The van der Waals surface area contributed by atoms with E-state index < -0.39 is 36.6 Å². The van der Waals surface area contributed by atoms with Crippen LogP contribution in [-0.2, 0) is 9.47 Å². The first-order chi connectivity index (χ1) is 9.63. The van der Waals surface area contributed by atoms with E-state index in [1.165, 1.54) is 6.92 Å². The third kappa shape index (κ3) is 2.76. The Labute approximate surface area is 118 Å². The highest BCUT2D eigenvalue weighted by Gasteiger charge is 2.77. The first-order valence-electron chi connectivity index (χ1n) is 6.98. The van der Waals surface area contributed by atoms with Gasteiger partial charge in [0.15, 0.2) is 0 Å². The van der Waals surface area contributed by atoms with Gasteiger partial charge in [0.25, 0.3) is 5.60 Å². The van der Waals surface area contributed by atoms with E-state index in [-0.39, 0.29) is 18.9 Å². The summed E-state index contributed by atoms with van der Waals surface area (Å²) in [5.41, 5.74) is -4.12. The third-order valence-electron chi connectivity index (χ3n) is 4.68. The van der Waals surface area contributed by atoms with Crippen LogP contribution in [0.25, 0.3) is 0 Å². The zero-order chi connectivity index (χ0) is 15.9. The van der Waals surface area contributed by atoms with Gasteiger partial charge in [0.2, 0.25) is 0 Å². The van der Waals surface area contributed by atoms with E-state index >= 15 is 0 Å². The number of rotatable bonds is 5. The lowest BCUT2D eigenvalue weighted by Crippen LogP contribution is -2.64. The van der Waals surface area contributed by atoms with E-state index in [1.54, 1.807) is 0 Å². The second-order valence-corrected chi connectivity index (χ2v) is 5.77. The molecule has 21 heavy (non-hydrogen) atoms. The Morgan fingerprint density at radius 1 is 0.952 bits per heavy atom. The summed E-state index contributed by atoms with van der Waals surface area (Å²) in [4.78, 5) is 0. The molecule has 0 aromatic heterocycles. The SMILES string of the molecule is CCOCOC(C1CC2CCC1C2)(C(F)(F)F)C(F)(F)F. The summed E-state index contributed by atoms with van der Waals surface area (Å²) in [5.74, 6) is -2.21. The molecule has 0 radical (unpaired) electrons. The molecule has 124 valence electrons. The van der Waals surface area contributed by atoms with Crippen LogP contribution in [0.15, 0.2) is 0 Å². The Morgan fingerprint density at radius 3 is 1.95 bits per heavy atom. The fourth-order valence-corrected chi connectivity index (χ4v) is 3.81. The lowest BCUT2D eigenvalue weighted by Gasteiger charge is -2.44. The molecule has 3 unspecified atom stereocenters. The van der Waals surface area contributed by atoms with Gasteiger partial charge in [-0.25, -0.2) is 0 Å². The van der Waals surface area contributed by atoms with Crippen LogP contribution >= 0.6 is 0 Å². The van der Waals surface area contributed by atoms with E-state index in [9.17, 15) is 26.3 Å². The minimum Gasteiger partial charge on any atom is -0.356 e. The van der Waals surface area contributed by atoms with E-state index in [0.717, 1.165) is 0 Å². The maximum atomic E-state index is 13.4. The molecule has 0 aliphatic heterocycles. The molecule has 2 aliphatic carbocycles. The standard InChI is InChI=1S/C13H18F6O2/c1-2-20-7-21-11(12(14,15)16,13(17,18)19)10-6-8-3-4-9(10)5-8/h8-10H,2-7H2,1H3. The van der Waals surface area contributed by atoms with Crippen molar-refractivity contribution in [3.63, 3.8) is 0 Å². The fourth-order valence-electron chi connectivity index (χ4n) is 3.81. The first-order valence-corrected chi connectivity index (χ1v) is 6.98. The number of alkyl halides is 6. The van der Waals surface area contributed by atoms with Crippen LogP contribution < -0.4 is 0 Å². The molecular weight excluding hydrogens is 302 g/mol. The van der Waals surface area contributed by atoms with Crippen molar-refractivity contribution in [2.75, 3.05) is 13.4 Å². The van der Waals surface area contributed by atoms with Crippen LogP contribution in [0.5, 0.6) is 0 Å². The molecule has 2 aliphatic rings. The fraction of sp³-hybridized carbons (Fsp3) is 1.00. The van der Waals surface area contributed by atoms with Gasteiger partial charge in [0, 0.05) is 12.5 Å². The summed E-state index contributed by atoms with van der Waals surface area (Å²) in [7, 11) is 0. The molecule has 2 bridgehead atoms. The molecule has 2 saturated carbocycles. The zero-order valence-corrected chi connectivity index (χ0v) is 11.6. The van der Waals surface area contributed by atoms with Crippen molar-refractivity contribution in [1.82, 2.24) is 0 Å². The maximum absolute atomic E-state index is 13.4. The van der Waals surface area contributed by atoms with Crippen LogP contribution in [-0.4, -0.2) is 31.4 Å². The molecule has 3 atom stereocenters. The molecule has 0 aromatic carbocycles. The van der Waals surface area contributed by atoms with Crippen molar-refractivity contribution in [1.29, 1.82) is 0 Å². The predicted octanol–water partition coefficient (Wildman–Crippen LogP) is 4.30. The molecule has 2 fully saturated rings. The Bertz CT molecular complexity index is 351. The Morgan fingerprint density at radius 2 is 1.57 bits per heavy atom. The minimum atomic E-state index is -5.52. The number of hydrogen-bond donors (Lipinski definition) is 0. The van der Waals surface area contributed by atoms with Gasteiger partial charge in [0.05, 0.1) is 0 Å². The molecule has 0 aromatic rings. The second kappa shape index (κ2) is 5.61. The summed E-state index contributed by atoms with van der Waals surface area (Å²) >= 11 is 0. The largest absolute Gasteiger partial charge is 0.426 e. The number of halogens is 6. The maximum Gasteiger partial charge on any atom is 0.426 e. The molecule has 2 nitrogen and oxygen atoms in total. The van der Waals surface area contributed by atoms with Gasteiger partial charge in [0.1, 0.15) is 6.79 Å². The Hall–Kier alpha value is -0.500. The predicted molar refractivity (Wildman–Crippen MR) is 61.4 cm³/mol. The summed E-state index contributed by atoms with van der Waals surface area (Å²) < 4.78 is 89.2. The summed E-state index contributed by atoms with van der Waals surface area (Å²) in [6.45, 7) is 0.454. The minimum absolute atomic E-state index is 0.0114. The summed E-state index contributed by atoms with van der Waals surface area (Å²) in [5, 5.41) is 0. The average molecular weight is 320 g/mol. The van der Waals surface area contributed by atoms with Crippen LogP contribution in [0, 0.1) is 17.8 Å². The molecule has 2 rings (SSSR count). The van der Waals surface area contributed by atoms with E-state index in [2.05, 4.69) is 9.47 Å². The Kier molecular flexibility index (Phi) is 4.50. The molecular formula is C13H18F6O2. The second-order valence-electron chi connectivity index (χ2n) is 5.77. The molecule has 0 heterocycles. The summed E-state index contributed by atoms with van der Waals surface area (Å²) in [6, 6.07) is 0. The van der Waals surface area contributed by atoms with Gasteiger partial charge in [-0.2, -0.15) is 26.3 Å². The lowest BCUT2D eigenvalue weighted by atomic mass is 9.75. The average Bonchev–Trinajstić information content (AvgIpc) is 2.93. The smallest absolute Gasteiger partial charge is 0.356 e. The van der Waals surface area contributed by atoms with E-state index in [0.29, 0.717) is 19.3 Å². The van der Waals surface area contributed by atoms with Gasteiger partial charge < -0.3 is 9.47 Å². The normalized spacial score (nSPS) is 30.1. The van der Waals surface area contributed by atoms with Gasteiger partial charge in [-0.1, -0.05) is 6.42 Å². The third-order valence-corrected chi connectivity index (χ3v) is 4.68. The van der Waals surface area contributed by atoms with Crippen molar-refractivity contribution in [2.24, 2.45) is 17.8 Å². The number of hydrogen-bond acceptors (Lipinski definition) is 2. The highest BCUT2D eigenvalue weighted by molar-refractivity contribution is 5.08. The van der Waals surface area contributed by atoms with Gasteiger partial charge in [-0.3, -0.25) is 0 Å². The van der Waals surface area contributed by atoms with Crippen LogP contribution in [0.3, 0.4) is 0 Å². The molecule has 8 heteroatoms. The number of fused-ring (bicyclic) bond motifs is 2. The van der Waals surface area contributed by atoms with E-state index in [4.69, 9.17) is 0 Å². The molecule has 0 spiro atoms. The van der Waals surface area contributed by atoms with Crippen molar-refractivity contribution in [2.45, 2.75) is 50.6 Å². The van der Waals surface area contributed by atoms with Crippen molar-refractivity contribution < 1.29 is 35.8 Å². The lowest BCUT2D eigenvalue weighted by molar-refractivity contribution is -0.412. The Balaban J connectivity index is 2.35. The van der Waals surface area contributed by atoms with Crippen molar-refractivity contribution in [3.8, 4) is 0 Å².